The summed E-state index contributed by atoms with van der Waals surface area (Å²) < 4.78 is 5.46. The maximum Gasteiger partial charge on any atom is 0.305 e. The van der Waals surface area contributed by atoms with Crippen molar-refractivity contribution in [2.75, 3.05) is 13.2 Å². The second kappa shape index (κ2) is 57.9. The summed E-state index contributed by atoms with van der Waals surface area (Å²) in [6.07, 6.45) is 70.3. The summed E-state index contributed by atoms with van der Waals surface area (Å²) in [6, 6.07) is -0.554. The van der Waals surface area contributed by atoms with E-state index in [0.717, 1.165) is 83.5 Å². The fourth-order valence-electron chi connectivity index (χ4n) is 9.55. The van der Waals surface area contributed by atoms with Gasteiger partial charge in [0, 0.05) is 12.8 Å². The number of aliphatic hydroxyl groups is 2. The molecule has 0 bridgehead atoms. The van der Waals surface area contributed by atoms with Crippen LogP contribution < -0.4 is 5.32 Å². The predicted molar refractivity (Wildman–Crippen MR) is 296 cm³/mol. The van der Waals surface area contributed by atoms with Gasteiger partial charge in [0.1, 0.15) is 0 Å². The van der Waals surface area contributed by atoms with Crippen molar-refractivity contribution in [2.45, 2.75) is 347 Å². The number of unbranched alkanes of at least 4 members (excludes halogenated alkanes) is 42. The van der Waals surface area contributed by atoms with Gasteiger partial charge < -0.3 is 20.3 Å². The Labute approximate surface area is 424 Å². The molecule has 0 saturated carbocycles. The molecule has 0 spiro atoms. The summed E-state index contributed by atoms with van der Waals surface area (Å²) in [5.74, 6) is -0.0602. The van der Waals surface area contributed by atoms with Gasteiger partial charge in [0.25, 0.3) is 0 Å². The van der Waals surface area contributed by atoms with Gasteiger partial charge in [-0.3, -0.25) is 9.59 Å². The summed E-state index contributed by atoms with van der Waals surface area (Å²) in [5, 5.41) is 23.3. The smallest absolute Gasteiger partial charge is 0.305 e. The Kier molecular flexibility index (Phi) is 56.5. The number of nitrogens with one attached hydrogen (secondary N) is 1. The number of hydrogen-bond acceptors (Lipinski definition) is 5. The monoisotopic (exact) mass is 958 g/mol. The molecule has 0 aliphatic heterocycles. The Hall–Kier alpha value is -1.66. The first-order chi connectivity index (χ1) is 33.5. The maximum atomic E-state index is 12.5. The fraction of sp³-hybridized carbons (Fsp3) is 0.903. The Balaban J connectivity index is 3.48. The van der Waals surface area contributed by atoms with E-state index >= 15 is 0 Å². The molecule has 2 unspecified atom stereocenters. The number of carbonyl (C=O) groups excluding carboxylic acids is 2. The molecule has 0 fully saturated rings. The lowest BCUT2D eigenvalue weighted by molar-refractivity contribution is -0.143. The summed E-state index contributed by atoms with van der Waals surface area (Å²) in [6.45, 7) is 4.93. The first kappa shape index (κ1) is 66.3. The molecule has 1 amide bonds. The molecule has 6 nitrogen and oxygen atoms in total. The normalized spacial score (nSPS) is 12.7. The summed E-state index contributed by atoms with van der Waals surface area (Å²) in [5.41, 5.74) is 0. The Bertz CT molecular complexity index is 1060. The molecular weight excluding hydrogens is 839 g/mol. The van der Waals surface area contributed by atoms with Crippen molar-refractivity contribution in [1.82, 2.24) is 5.32 Å². The number of carbonyl (C=O) groups is 2. The van der Waals surface area contributed by atoms with Crippen LogP contribution >= 0.6 is 0 Å². The summed E-state index contributed by atoms with van der Waals surface area (Å²) >= 11 is 0. The third-order valence-corrected chi connectivity index (χ3v) is 14.3. The summed E-state index contributed by atoms with van der Waals surface area (Å²) in [4.78, 5) is 24.5. The molecule has 0 aromatic carbocycles. The highest BCUT2D eigenvalue weighted by atomic mass is 16.5. The van der Waals surface area contributed by atoms with Crippen LogP contribution in [-0.2, 0) is 14.3 Å². The van der Waals surface area contributed by atoms with Crippen molar-refractivity contribution in [3.8, 4) is 0 Å². The van der Waals surface area contributed by atoms with Crippen LogP contribution in [0.25, 0.3) is 0 Å². The zero-order chi connectivity index (χ0) is 49.3. The van der Waals surface area contributed by atoms with Gasteiger partial charge in [-0.15, -0.1) is 0 Å². The van der Waals surface area contributed by atoms with E-state index < -0.39 is 12.1 Å². The minimum Gasteiger partial charge on any atom is -0.466 e. The Morgan fingerprint density at radius 3 is 1.12 bits per heavy atom. The number of hydrogen-bond donors (Lipinski definition) is 3. The van der Waals surface area contributed by atoms with Crippen molar-refractivity contribution in [2.24, 2.45) is 0 Å². The standard InChI is InChI=1S/C62H119NO5/c1-3-5-7-9-11-13-15-17-19-20-21-23-27-30-34-38-42-46-50-54-60(65)59(58-64)63-61(66)55-51-47-43-39-35-31-28-24-22-25-29-33-37-41-45-49-53-57-68-62(67)56-52-48-44-40-36-32-26-18-16-14-12-10-8-6-4-2/h22,25,33,37,59-60,64-65H,3-21,23-24,26-32,34-36,38-58H2,1-2H3,(H,63,66)/b25-22-,37-33-. The molecule has 6 heteroatoms. The van der Waals surface area contributed by atoms with Gasteiger partial charge in [-0.25, -0.2) is 0 Å². The Morgan fingerprint density at radius 1 is 0.412 bits per heavy atom. The molecule has 0 aliphatic rings. The number of aliphatic hydroxyl groups excluding tert-OH is 2. The molecule has 0 aromatic rings. The van der Waals surface area contributed by atoms with Crippen molar-refractivity contribution in [3.05, 3.63) is 24.3 Å². The molecule has 0 saturated heterocycles. The highest BCUT2D eigenvalue weighted by Gasteiger charge is 2.20. The zero-order valence-electron chi connectivity index (χ0n) is 45.9. The minimum atomic E-state index is -0.675. The molecule has 2 atom stereocenters. The number of rotatable bonds is 57. The maximum absolute atomic E-state index is 12.5. The van der Waals surface area contributed by atoms with E-state index in [1.54, 1.807) is 0 Å². The summed E-state index contributed by atoms with van der Waals surface area (Å²) in [7, 11) is 0. The number of amides is 1. The SMILES string of the molecule is CCCCCCCCCCCCCCCCCCCCCC(O)C(CO)NC(=O)CCCCCCCCC/C=C\C/C=C\CCCCCOC(=O)CCCCCCCCCCCCCCCCC. The van der Waals surface area contributed by atoms with E-state index in [4.69, 9.17) is 4.74 Å². The van der Waals surface area contributed by atoms with Crippen LogP contribution in [0.3, 0.4) is 0 Å². The van der Waals surface area contributed by atoms with Gasteiger partial charge in [-0.05, 0) is 64.2 Å². The van der Waals surface area contributed by atoms with Crippen LogP contribution in [0.5, 0.6) is 0 Å². The third kappa shape index (κ3) is 53.7. The van der Waals surface area contributed by atoms with Crippen molar-refractivity contribution in [1.29, 1.82) is 0 Å². The first-order valence-corrected chi connectivity index (χ1v) is 30.6. The third-order valence-electron chi connectivity index (χ3n) is 14.3. The van der Waals surface area contributed by atoms with Gasteiger partial charge in [-0.2, -0.15) is 0 Å². The van der Waals surface area contributed by atoms with Crippen LogP contribution in [0.4, 0.5) is 0 Å². The molecule has 3 N–H and O–H groups in total. The van der Waals surface area contributed by atoms with E-state index in [9.17, 15) is 19.8 Å². The largest absolute Gasteiger partial charge is 0.466 e. The van der Waals surface area contributed by atoms with Gasteiger partial charge in [0.05, 0.1) is 25.4 Å². The van der Waals surface area contributed by atoms with Gasteiger partial charge in [0.15, 0.2) is 0 Å². The van der Waals surface area contributed by atoms with E-state index in [-0.39, 0.29) is 18.5 Å². The highest BCUT2D eigenvalue weighted by Crippen LogP contribution is 2.18. The van der Waals surface area contributed by atoms with E-state index in [2.05, 4.69) is 43.5 Å². The zero-order valence-corrected chi connectivity index (χ0v) is 45.9. The lowest BCUT2D eigenvalue weighted by Crippen LogP contribution is -2.45. The molecule has 68 heavy (non-hydrogen) atoms. The minimum absolute atomic E-state index is 0.0120. The predicted octanol–water partition coefficient (Wildman–Crippen LogP) is 19.0. The molecule has 0 radical (unpaired) electrons. The lowest BCUT2D eigenvalue weighted by atomic mass is 10.0. The number of esters is 1. The van der Waals surface area contributed by atoms with Crippen LogP contribution in [0.1, 0.15) is 335 Å². The van der Waals surface area contributed by atoms with Crippen LogP contribution in [0.2, 0.25) is 0 Å². The van der Waals surface area contributed by atoms with Crippen LogP contribution in [0.15, 0.2) is 24.3 Å². The number of ether oxygens (including phenoxy) is 1. The lowest BCUT2D eigenvalue weighted by Gasteiger charge is -2.22. The second-order valence-corrected chi connectivity index (χ2v) is 21.0. The van der Waals surface area contributed by atoms with E-state index in [0.29, 0.717) is 25.9 Å². The molecule has 402 valence electrons. The molecule has 0 aromatic heterocycles. The van der Waals surface area contributed by atoms with Crippen molar-refractivity contribution >= 4 is 11.9 Å². The van der Waals surface area contributed by atoms with E-state index in [1.165, 1.54) is 218 Å². The van der Waals surface area contributed by atoms with Gasteiger partial charge in [-0.1, -0.05) is 282 Å². The van der Waals surface area contributed by atoms with Crippen molar-refractivity contribution < 1.29 is 24.5 Å². The molecule has 0 rings (SSSR count). The first-order valence-electron chi connectivity index (χ1n) is 30.6. The quantitative estimate of drug-likeness (QED) is 0.0321. The molecular formula is C62H119NO5. The number of allylic oxidation sites excluding steroid dienone is 4. The second-order valence-electron chi connectivity index (χ2n) is 21.0. The Morgan fingerprint density at radius 2 is 0.735 bits per heavy atom. The molecule has 0 heterocycles. The highest BCUT2D eigenvalue weighted by molar-refractivity contribution is 5.76. The fourth-order valence-corrected chi connectivity index (χ4v) is 9.55. The van der Waals surface area contributed by atoms with Gasteiger partial charge >= 0.3 is 5.97 Å². The van der Waals surface area contributed by atoms with Gasteiger partial charge in [0.2, 0.25) is 5.91 Å². The average molecular weight is 959 g/mol. The van der Waals surface area contributed by atoms with Crippen molar-refractivity contribution in [3.63, 3.8) is 0 Å². The van der Waals surface area contributed by atoms with Crippen LogP contribution in [-0.4, -0.2) is 47.4 Å². The molecule has 0 aliphatic carbocycles. The average Bonchev–Trinajstić information content (AvgIpc) is 3.34. The van der Waals surface area contributed by atoms with E-state index in [1.807, 2.05) is 0 Å². The topological polar surface area (TPSA) is 95.9 Å². The van der Waals surface area contributed by atoms with Crippen LogP contribution in [0, 0.1) is 0 Å².